The molecule has 186 valence electrons. The summed E-state index contributed by atoms with van der Waals surface area (Å²) in [7, 11) is 4.22. The molecule has 2 unspecified atom stereocenters. The van der Waals surface area contributed by atoms with E-state index in [9.17, 15) is 9.59 Å². The Bertz CT molecular complexity index is 937. The van der Waals surface area contributed by atoms with Gasteiger partial charge in [-0.15, -0.1) is 0 Å². The Morgan fingerprint density at radius 3 is 2.53 bits per heavy atom. The van der Waals surface area contributed by atoms with Crippen LogP contribution in [0.25, 0.3) is 0 Å². The zero-order valence-corrected chi connectivity index (χ0v) is 20.9. The summed E-state index contributed by atoms with van der Waals surface area (Å²) >= 11 is 0. The van der Waals surface area contributed by atoms with E-state index in [4.69, 9.17) is 4.74 Å². The number of hydrogen-bond donors (Lipinski definition) is 1. The van der Waals surface area contributed by atoms with Crippen molar-refractivity contribution in [1.82, 2.24) is 20.2 Å². The van der Waals surface area contributed by atoms with Crippen LogP contribution < -0.4 is 15.1 Å². The van der Waals surface area contributed by atoms with Crippen molar-refractivity contribution in [3.05, 3.63) is 23.8 Å². The van der Waals surface area contributed by atoms with E-state index in [1.54, 1.807) is 11.8 Å². The van der Waals surface area contributed by atoms with Crippen LogP contribution in [0.1, 0.15) is 38.2 Å². The van der Waals surface area contributed by atoms with Gasteiger partial charge in [0.1, 0.15) is 6.10 Å². The predicted octanol–water partition coefficient (Wildman–Crippen LogP) is 1.70. The lowest BCUT2D eigenvalue weighted by Gasteiger charge is -2.41. The monoisotopic (exact) mass is 470 g/mol. The summed E-state index contributed by atoms with van der Waals surface area (Å²) in [5.41, 5.74) is 2.78. The van der Waals surface area contributed by atoms with Gasteiger partial charge in [-0.2, -0.15) is 0 Å². The lowest BCUT2D eigenvalue weighted by atomic mass is 9.96. The molecule has 1 aromatic rings. The van der Waals surface area contributed by atoms with E-state index < -0.39 is 0 Å². The number of anilines is 2. The van der Waals surface area contributed by atoms with Crippen molar-refractivity contribution in [2.24, 2.45) is 0 Å². The van der Waals surface area contributed by atoms with Crippen LogP contribution in [0.4, 0.5) is 16.2 Å². The van der Waals surface area contributed by atoms with Crippen molar-refractivity contribution in [3.8, 4) is 0 Å². The second kappa shape index (κ2) is 9.45. The fourth-order valence-electron chi connectivity index (χ4n) is 5.94. The Kier molecular flexibility index (Phi) is 6.54. The van der Waals surface area contributed by atoms with Crippen molar-refractivity contribution >= 4 is 23.4 Å². The molecular weight excluding hydrogens is 432 g/mol. The van der Waals surface area contributed by atoms with E-state index in [0.29, 0.717) is 18.5 Å². The van der Waals surface area contributed by atoms with Crippen LogP contribution in [-0.4, -0.2) is 105 Å². The third kappa shape index (κ3) is 4.42. The molecule has 4 aliphatic rings. The van der Waals surface area contributed by atoms with Crippen LogP contribution in [-0.2, 0) is 9.53 Å². The summed E-state index contributed by atoms with van der Waals surface area (Å²) in [6, 6.07) is 6.71. The topological polar surface area (TPSA) is 71.6 Å². The number of likely N-dealkylation sites (N-methyl/N-ethyl adjacent to an activating group) is 2. The maximum atomic E-state index is 13.4. The first-order chi connectivity index (χ1) is 16.3. The molecule has 3 fully saturated rings. The van der Waals surface area contributed by atoms with Gasteiger partial charge in [-0.05, 0) is 51.1 Å². The summed E-state index contributed by atoms with van der Waals surface area (Å²) < 4.78 is 5.97. The Labute approximate surface area is 202 Å². The minimum Gasteiger partial charge on any atom is -0.444 e. The number of nitrogens with zero attached hydrogens (tertiary/aromatic N) is 5. The summed E-state index contributed by atoms with van der Waals surface area (Å²) in [5, 5.41) is 8.14. The molecule has 2 amide bonds. The molecule has 1 N–H and O–H groups in total. The Morgan fingerprint density at radius 2 is 1.85 bits per heavy atom. The number of ether oxygens (including phenoxy) is 1. The van der Waals surface area contributed by atoms with E-state index in [2.05, 4.69) is 46.5 Å². The average Bonchev–Trinajstić information content (AvgIpc) is 3.12. The largest absolute Gasteiger partial charge is 0.444 e. The molecule has 1 aromatic carbocycles. The molecule has 3 atom stereocenters. The highest BCUT2D eigenvalue weighted by atomic mass is 16.6. The quantitative estimate of drug-likeness (QED) is 0.721. The minimum absolute atomic E-state index is 0.00678. The summed E-state index contributed by atoms with van der Waals surface area (Å²) in [5.74, 6) is 0.346. The molecule has 0 spiro atoms. The Morgan fingerprint density at radius 1 is 1.06 bits per heavy atom. The number of nitrogens with one attached hydrogen (secondary N) is 1. The van der Waals surface area contributed by atoms with Gasteiger partial charge < -0.3 is 19.9 Å². The van der Waals surface area contributed by atoms with Gasteiger partial charge >= 0.3 is 6.09 Å². The van der Waals surface area contributed by atoms with Gasteiger partial charge in [-0.1, -0.05) is 6.07 Å². The van der Waals surface area contributed by atoms with Gasteiger partial charge in [0.2, 0.25) is 5.91 Å². The SMILES string of the molecule is CC(=O)N1c2ccc(C3CN(C)N(C4CNC4)C3)cc2N(C(=O)OC2CCCN(C)C2)C[C@@H]1C. The molecule has 3 saturated heterocycles. The van der Waals surface area contributed by atoms with Crippen LogP contribution in [0.2, 0.25) is 0 Å². The van der Waals surface area contributed by atoms with E-state index in [1.165, 1.54) is 5.56 Å². The van der Waals surface area contributed by atoms with Crippen LogP contribution in [0.15, 0.2) is 18.2 Å². The van der Waals surface area contributed by atoms with Crippen molar-refractivity contribution in [2.45, 2.75) is 50.8 Å². The van der Waals surface area contributed by atoms with Crippen LogP contribution >= 0.6 is 0 Å². The van der Waals surface area contributed by atoms with Crippen LogP contribution in [0.5, 0.6) is 0 Å². The minimum atomic E-state index is -0.306. The van der Waals surface area contributed by atoms with E-state index in [0.717, 1.165) is 63.5 Å². The number of carbonyl (C=O) groups is 2. The molecule has 4 heterocycles. The van der Waals surface area contributed by atoms with Crippen molar-refractivity contribution in [3.63, 3.8) is 0 Å². The predicted molar refractivity (Wildman–Crippen MR) is 132 cm³/mol. The summed E-state index contributed by atoms with van der Waals surface area (Å²) in [6.45, 7) is 9.79. The molecule has 34 heavy (non-hydrogen) atoms. The average molecular weight is 471 g/mol. The van der Waals surface area contributed by atoms with E-state index in [1.807, 2.05) is 17.9 Å². The highest BCUT2D eigenvalue weighted by molar-refractivity contribution is 6.02. The number of carbonyl (C=O) groups excluding carboxylic acids is 2. The van der Waals surface area contributed by atoms with Gasteiger partial charge in [0, 0.05) is 65.2 Å². The Hall–Kier alpha value is -2.20. The third-order valence-corrected chi connectivity index (χ3v) is 7.83. The smallest absolute Gasteiger partial charge is 0.414 e. The molecule has 0 saturated carbocycles. The molecule has 9 nitrogen and oxygen atoms in total. The van der Waals surface area contributed by atoms with Crippen LogP contribution in [0, 0.1) is 0 Å². The molecule has 5 rings (SSSR count). The van der Waals surface area contributed by atoms with Crippen LogP contribution in [0.3, 0.4) is 0 Å². The first-order valence-electron chi connectivity index (χ1n) is 12.6. The standard InChI is InChI=1S/C25H38N6O3/c1-17-13-29(25(33)34-22-6-5-9-27(3)16-22)24-10-19(7-8-23(24)31(17)18(2)32)20-14-28(4)30(15-20)21-11-26-12-21/h7-8,10,17,20-22,26H,5-6,9,11-16H2,1-4H3/t17-,20?,22?/m0/s1. The molecule has 9 heteroatoms. The first-order valence-corrected chi connectivity index (χ1v) is 12.6. The number of piperidine rings is 1. The zero-order chi connectivity index (χ0) is 24.0. The maximum absolute atomic E-state index is 13.4. The van der Waals surface area contributed by atoms with Gasteiger partial charge in [-0.25, -0.2) is 14.8 Å². The van der Waals surface area contributed by atoms with Crippen molar-refractivity contribution < 1.29 is 14.3 Å². The number of hydrogen-bond acceptors (Lipinski definition) is 7. The second-order valence-electron chi connectivity index (χ2n) is 10.5. The number of likely N-dealkylation sites (tertiary alicyclic amines) is 1. The van der Waals surface area contributed by atoms with Gasteiger partial charge in [0.25, 0.3) is 0 Å². The van der Waals surface area contributed by atoms with Gasteiger partial charge in [0.05, 0.1) is 17.4 Å². The van der Waals surface area contributed by atoms with E-state index in [-0.39, 0.29) is 24.1 Å². The fourth-order valence-corrected chi connectivity index (χ4v) is 5.94. The van der Waals surface area contributed by atoms with Gasteiger partial charge in [0.15, 0.2) is 0 Å². The Balaban J connectivity index is 1.41. The highest BCUT2D eigenvalue weighted by Crippen LogP contribution is 2.40. The second-order valence-corrected chi connectivity index (χ2v) is 10.5. The third-order valence-electron chi connectivity index (χ3n) is 7.83. The normalized spacial score (nSPS) is 29.1. The summed E-state index contributed by atoms with van der Waals surface area (Å²) in [4.78, 5) is 31.7. The van der Waals surface area contributed by atoms with Crippen molar-refractivity contribution in [1.29, 1.82) is 0 Å². The molecule has 0 radical (unpaired) electrons. The number of rotatable bonds is 3. The highest BCUT2D eigenvalue weighted by Gasteiger charge is 2.39. The lowest BCUT2D eigenvalue weighted by Crippen LogP contribution is -2.59. The molecular formula is C25H38N6O3. The number of hydrazine groups is 1. The van der Waals surface area contributed by atoms with Crippen molar-refractivity contribution in [2.75, 3.05) is 69.7 Å². The molecule has 0 aliphatic carbocycles. The number of benzene rings is 1. The van der Waals surface area contributed by atoms with Gasteiger partial charge in [-0.3, -0.25) is 9.69 Å². The lowest BCUT2D eigenvalue weighted by molar-refractivity contribution is -0.117. The number of amides is 2. The molecule has 4 aliphatic heterocycles. The maximum Gasteiger partial charge on any atom is 0.414 e. The molecule has 0 aromatic heterocycles. The first kappa shape index (κ1) is 23.5. The summed E-state index contributed by atoms with van der Waals surface area (Å²) in [6.07, 6.45) is 1.53. The van der Waals surface area contributed by atoms with E-state index >= 15 is 0 Å². The number of fused-ring (bicyclic) bond motifs is 1. The molecule has 0 bridgehead atoms. The fraction of sp³-hybridized carbons (Fsp3) is 0.680. The zero-order valence-electron chi connectivity index (χ0n) is 20.9.